The van der Waals surface area contributed by atoms with Crippen LogP contribution in [0.15, 0.2) is 24.4 Å². The topological polar surface area (TPSA) is 111 Å². The fourth-order valence-corrected chi connectivity index (χ4v) is 2.48. The highest BCUT2D eigenvalue weighted by atomic mass is 16.2. The number of nitriles is 1. The quantitative estimate of drug-likeness (QED) is 0.830. The maximum Gasteiger partial charge on any atom is 0.227 e. The number of aryl methyl sites for hydroxylation is 1. The molecule has 23 heavy (non-hydrogen) atoms. The van der Waals surface area contributed by atoms with E-state index in [1.54, 1.807) is 4.90 Å². The molecule has 2 N–H and O–H groups in total. The Balaban J connectivity index is 1.92. The Morgan fingerprint density at radius 1 is 1.52 bits per heavy atom. The Kier molecular flexibility index (Phi) is 4.01. The summed E-state index contributed by atoms with van der Waals surface area (Å²) in [4.78, 5) is 13.8. The molecule has 1 aliphatic heterocycles. The van der Waals surface area contributed by atoms with Gasteiger partial charge in [-0.1, -0.05) is 6.07 Å². The van der Waals surface area contributed by atoms with Gasteiger partial charge in [0.25, 0.3) is 0 Å². The van der Waals surface area contributed by atoms with Gasteiger partial charge in [-0.3, -0.25) is 4.79 Å². The molecule has 1 aliphatic rings. The highest BCUT2D eigenvalue weighted by molar-refractivity contribution is 5.98. The highest BCUT2D eigenvalue weighted by Crippen LogP contribution is 2.30. The van der Waals surface area contributed by atoms with Crippen molar-refractivity contribution in [3.63, 3.8) is 0 Å². The van der Waals surface area contributed by atoms with Crippen molar-refractivity contribution in [2.24, 2.45) is 0 Å². The van der Waals surface area contributed by atoms with Crippen LogP contribution in [-0.4, -0.2) is 33.1 Å². The first-order valence-corrected chi connectivity index (χ1v) is 7.20. The van der Waals surface area contributed by atoms with Crippen molar-refractivity contribution in [3.05, 3.63) is 35.8 Å². The molecule has 0 spiro atoms. The number of aromatic nitrogens is 4. The number of rotatable bonds is 4. The summed E-state index contributed by atoms with van der Waals surface area (Å²) in [6, 6.07) is 7.82. The van der Waals surface area contributed by atoms with Crippen molar-refractivity contribution >= 4 is 22.9 Å². The van der Waals surface area contributed by atoms with Gasteiger partial charge in [-0.15, -0.1) is 10.2 Å². The van der Waals surface area contributed by atoms with Gasteiger partial charge in [0.15, 0.2) is 0 Å². The second-order valence-corrected chi connectivity index (χ2v) is 5.22. The number of benzene rings is 1. The van der Waals surface area contributed by atoms with Gasteiger partial charge in [0, 0.05) is 19.2 Å². The van der Waals surface area contributed by atoms with Crippen molar-refractivity contribution in [2.75, 3.05) is 16.8 Å². The monoisotopic (exact) mass is 309 g/mol. The molecule has 0 saturated carbocycles. The fraction of sp³-hybridized carbons (Fsp3) is 0.267. The Morgan fingerprint density at radius 2 is 2.39 bits per heavy atom. The maximum absolute atomic E-state index is 12.0. The third-order valence-electron chi connectivity index (χ3n) is 3.59. The number of amides is 1. The number of hydrogen-bond acceptors (Lipinski definition) is 6. The van der Waals surface area contributed by atoms with Crippen molar-refractivity contribution in [1.82, 2.24) is 20.6 Å². The first kappa shape index (κ1) is 14.7. The van der Waals surface area contributed by atoms with Gasteiger partial charge in [-0.2, -0.15) is 10.5 Å². The third-order valence-corrected chi connectivity index (χ3v) is 3.59. The summed E-state index contributed by atoms with van der Waals surface area (Å²) in [5, 5.41) is 25.6. The molecular formula is C15H15N7O. The van der Waals surface area contributed by atoms with E-state index in [0.29, 0.717) is 13.0 Å². The number of nitrogens with one attached hydrogen (secondary N) is 2. The molecule has 8 heteroatoms. The standard InChI is InChI=1S/C15H15N7O/c1-10-4-5-13(22-6-2-3-14(22)23)12(7-10)17-9-11(8-16)15-18-20-21-19-15/h4-5,7,9,17H,2-3,6H2,1H3,(H,18,19,20,21). The number of allylic oxidation sites excluding steroid dienone is 1. The Labute approximate surface area is 132 Å². The van der Waals surface area contributed by atoms with Crippen molar-refractivity contribution in [2.45, 2.75) is 19.8 Å². The average Bonchev–Trinajstić information content (AvgIpc) is 3.20. The molecule has 1 fully saturated rings. The van der Waals surface area contributed by atoms with Gasteiger partial charge < -0.3 is 10.2 Å². The van der Waals surface area contributed by atoms with Gasteiger partial charge in [-0.25, -0.2) is 0 Å². The number of aromatic amines is 1. The first-order chi connectivity index (χ1) is 11.2. The SMILES string of the molecule is Cc1ccc(N2CCCC2=O)c(NC=C(C#N)c2nn[nH]n2)c1. The van der Waals surface area contributed by atoms with Crippen molar-refractivity contribution in [3.8, 4) is 6.07 Å². The van der Waals surface area contributed by atoms with Crippen LogP contribution < -0.4 is 10.2 Å². The number of carbonyl (C=O) groups is 1. The van der Waals surface area contributed by atoms with E-state index in [0.717, 1.165) is 23.4 Å². The molecule has 2 heterocycles. The van der Waals surface area contributed by atoms with Crippen molar-refractivity contribution in [1.29, 1.82) is 5.26 Å². The molecule has 1 saturated heterocycles. The molecule has 1 aromatic heterocycles. The minimum absolute atomic E-state index is 0.111. The molecule has 116 valence electrons. The van der Waals surface area contributed by atoms with E-state index < -0.39 is 0 Å². The Bertz CT molecular complexity index is 789. The molecule has 0 radical (unpaired) electrons. The summed E-state index contributed by atoms with van der Waals surface area (Å²) in [6.07, 6.45) is 2.94. The van der Waals surface area contributed by atoms with E-state index in [1.165, 1.54) is 6.20 Å². The van der Waals surface area contributed by atoms with E-state index >= 15 is 0 Å². The second-order valence-electron chi connectivity index (χ2n) is 5.22. The lowest BCUT2D eigenvalue weighted by Crippen LogP contribution is -2.24. The molecule has 0 bridgehead atoms. The van der Waals surface area contributed by atoms with E-state index in [1.807, 2.05) is 31.2 Å². The van der Waals surface area contributed by atoms with Crippen LogP contribution in [-0.2, 0) is 4.79 Å². The first-order valence-electron chi connectivity index (χ1n) is 7.20. The molecule has 1 aromatic carbocycles. The normalized spacial score (nSPS) is 14.9. The van der Waals surface area contributed by atoms with Gasteiger partial charge >= 0.3 is 0 Å². The summed E-state index contributed by atoms with van der Waals surface area (Å²) < 4.78 is 0. The molecule has 8 nitrogen and oxygen atoms in total. The summed E-state index contributed by atoms with van der Waals surface area (Å²) in [5.74, 6) is 0.325. The predicted molar refractivity (Wildman–Crippen MR) is 84.2 cm³/mol. The Hall–Kier alpha value is -3.21. The zero-order valence-electron chi connectivity index (χ0n) is 12.6. The molecule has 3 rings (SSSR count). The lowest BCUT2D eigenvalue weighted by atomic mass is 10.1. The smallest absolute Gasteiger partial charge is 0.227 e. The van der Waals surface area contributed by atoms with Gasteiger partial charge in [-0.05, 0) is 36.3 Å². The van der Waals surface area contributed by atoms with Crippen LogP contribution in [0.5, 0.6) is 0 Å². The van der Waals surface area contributed by atoms with Crippen LogP contribution in [0.2, 0.25) is 0 Å². The number of carbonyl (C=O) groups excluding carboxylic acids is 1. The minimum Gasteiger partial charge on any atom is -0.359 e. The zero-order valence-corrected chi connectivity index (χ0v) is 12.6. The highest BCUT2D eigenvalue weighted by Gasteiger charge is 2.23. The summed E-state index contributed by atoms with van der Waals surface area (Å²) in [5.41, 5.74) is 2.87. The van der Waals surface area contributed by atoms with Crippen LogP contribution in [0.1, 0.15) is 24.2 Å². The lowest BCUT2D eigenvalue weighted by Gasteiger charge is -2.20. The molecule has 2 aromatic rings. The van der Waals surface area contributed by atoms with Crippen LogP contribution in [0.3, 0.4) is 0 Å². The molecular weight excluding hydrogens is 294 g/mol. The number of H-pyrrole nitrogens is 1. The molecule has 0 unspecified atom stereocenters. The molecule has 0 atom stereocenters. The van der Waals surface area contributed by atoms with Crippen LogP contribution in [0, 0.1) is 18.3 Å². The lowest BCUT2D eigenvalue weighted by molar-refractivity contribution is -0.117. The summed E-state index contributed by atoms with van der Waals surface area (Å²) in [7, 11) is 0. The van der Waals surface area contributed by atoms with E-state index in [-0.39, 0.29) is 17.3 Å². The van der Waals surface area contributed by atoms with E-state index in [2.05, 4.69) is 25.9 Å². The maximum atomic E-state index is 12.0. The van der Waals surface area contributed by atoms with Gasteiger partial charge in [0.1, 0.15) is 11.6 Å². The van der Waals surface area contributed by atoms with Crippen LogP contribution in [0.25, 0.3) is 5.57 Å². The second kappa shape index (κ2) is 6.27. The third kappa shape index (κ3) is 3.03. The Morgan fingerprint density at radius 3 is 3.04 bits per heavy atom. The van der Waals surface area contributed by atoms with Crippen LogP contribution in [0.4, 0.5) is 11.4 Å². The largest absolute Gasteiger partial charge is 0.359 e. The number of nitrogens with zero attached hydrogens (tertiary/aromatic N) is 5. The number of anilines is 2. The summed E-state index contributed by atoms with van der Waals surface area (Å²) in [6.45, 7) is 2.67. The molecule has 0 aliphatic carbocycles. The number of tetrazole rings is 1. The average molecular weight is 309 g/mol. The van der Waals surface area contributed by atoms with Crippen molar-refractivity contribution < 1.29 is 4.79 Å². The fourth-order valence-electron chi connectivity index (χ4n) is 2.48. The predicted octanol–water partition coefficient (Wildman–Crippen LogP) is 1.61. The molecule has 1 amide bonds. The van der Waals surface area contributed by atoms with Gasteiger partial charge in [0.05, 0.1) is 11.4 Å². The summed E-state index contributed by atoms with van der Waals surface area (Å²) >= 11 is 0. The van der Waals surface area contributed by atoms with Crippen LogP contribution >= 0.6 is 0 Å². The minimum atomic E-state index is 0.111. The zero-order chi connectivity index (χ0) is 16.2. The van der Waals surface area contributed by atoms with Gasteiger partial charge in [0.2, 0.25) is 11.7 Å². The van der Waals surface area contributed by atoms with E-state index in [9.17, 15) is 10.1 Å². The van der Waals surface area contributed by atoms with E-state index in [4.69, 9.17) is 0 Å². The number of hydrogen-bond donors (Lipinski definition) is 2.